The number of methoxy groups -OCH3 is 1. The molecule has 0 radical (unpaired) electrons. The SMILES string of the molecule is C=CCN1CC(Oc2ccc(OC)cc2)=NC(SCC(=O)Nc2cccc(Cl)c2C)=N1. The van der Waals surface area contributed by atoms with E-state index in [2.05, 4.69) is 22.0 Å². The Balaban J connectivity index is 1.64. The number of amidine groups is 1. The van der Waals surface area contributed by atoms with Crippen molar-refractivity contribution in [3.8, 4) is 11.5 Å². The van der Waals surface area contributed by atoms with Gasteiger partial charge in [-0.3, -0.25) is 9.80 Å². The fraction of sp³-hybridized carbons (Fsp3) is 0.227. The number of aliphatic imine (C=N–C) groups is 1. The molecular weight excluding hydrogens is 436 g/mol. The summed E-state index contributed by atoms with van der Waals surface area (Å²) in [6.07, 6.45) is 1.75. The Kier molecular flexibility index (Phi) is 7.97. The van der Waals surface area contributed by atoms with E-state index in [1.54, 1.807) is 42.5 Å². The van der Waals surface area contributed by atoms with Gasteiger partial charge in [0.15, 0.2) is 0 Å². The summed E-state index contributed by atoms with van der Waals surface area (Å²) in [5.74, 6) is 1.83. The molecule has 1 N–H and O–H groups in total. The number of carbonyl (C=O) groups excluding carboxylic acids is 1. The van der Waals surface area contributed by atoms with Crippen molar-refractivity contribution in [3.63, 3.8) is 0 Å². The quantitative estimate of drug-likeness (QED) is 0.614. The molecule has 7 nitrogen and oxygen atoms in total. The van der Waals surface area contributed by atoms with Crippen molar-refractivity contribution >= 4 is 46.0 Å². The lowest BCUT2D eigenvalue weighted by Gasteiger charge is -2.23. The van der Waals surface area contributed by atoms with Gasteiger partial charge in [0.05, 0.1) is 19.4 Å². The maximum absolute atomic E-state index is 12.4. The summed E-state index contributed by atoms with van der Waals surface area (Å²) in [5.41, 5.74) is 1.51. The normalized spacial score (nSPS) is 13.2. The van der Waals surface area contributed by atoms with Crippen molar-refractivity contribution in [2.75, 3.05) is 31.3 Å². The number of ether oxygens (including phenoxy) is 2. The van der Waals surface area contributed by atoms with Crippen molar-refractivity contribution in [1.29, 1.82) is 0 Å². The summed E-state index contributed by atoms with van der Waals surface area (Å²) in [4.78, 5) is 16.9. The molecule has 3 rings (SSSR count). The second-order valence-corrected chi connectivity index (χ2v) is 7.90. The van der Waals surface area contributed by atoms with Crippen LogP contribution in [-0.2, 0) is 4.79 Å². The van der Waals surface area contributed by atoms with Gasteiger partial charge in [-0.1, -0.05) is 35.5 Å². The number of halogens is 1. The minimum absolute atomic E-state index is 0.145. The number of benzene rings is 2. The van der Waals surface area contributed by atoms with Crippen LogP contribution in [0.3, 0.4) is 0 Å². The predicted octanol–water partition coefficient (Wildman–Crippen LogP) is 4.58. The fourth-order valence-corrected chi connectivity index (χ4v) is 3.53. The topological polar surface area (TPSA) is 75.5 Å². The average molecular weight is 459 g/mol. The Morgan fingerprint density at radius 3 is 2.74 bits per heavy atom. The van der Waals surface area contributed by atoms with Gasteiger partial charge in [0, 0.05) is 10.7 Å². The van der Waals surface area contributed by atoms with E-state index in [1.807, 2.05) is 25.1 Å². The molecule has 0 unspecified atom stereocenters. The lowest BCUT2D eigenvalue weighted by atomic mass is 10.2. The number of hydrogen-bond donors (Lipinski definition) is 1. The molecule has 0 atom stereocenters. The Morgan fingerprint density at radius 1 is 1.29 bits per heavy atom. The third kappa shape index (κ3) is 6.50. The Morgan fingerprint density at radius 2 is 2.03 bits per heavy atom. The number of hydrazone groups is 1. The molecule has 2 aromatic rings. The van der Waals surface area contributed by atoms with E-state index in [0.717, 1.165) is 11.3 Å². The van der Waals surface area contributed by atoms with Gasteiger partial charge in [-0.2, -0.15) is 4.99 Å². The summed E-state index contributed by atoms with van der Waals surface area (Å²) in [7, 11) is 1.61. The molecule has 1 aliphatic heterocycles. The van der Waals surface area contributed by atoms with Crippen molar-refractivity contribution in [1.82, 2.24) is 5.01 Å². The van der Waals surface area contributed by atoms with Crippen LogP contribution >= 0.6 is 23.4 Å². The monoisotopic (exact) mass is 458 g/mol. The summed E-state index contributed by atoms with van der Waals surface area (Å²) >= 11 is 7.34. The Bertz CT molecular complexity index is 1010. The minimum Gasteiger partial charge on any atom is -0.497 e. The van der Waals surface area contributed by atoms with Gasteiger partial charge >= 0.3 is 0 Å². The van der Waals surface area contributed by atoms with Crippen LogP contribution in [0.1, 0.15) is 5.56 Å². The number of nitrogens with zero attached hydrogens (tertiary/aromatic N) is 3. The number of amides is 1. The number of nitrogens with one attached hydrogen (secondary N) is 1. The molecule has 0 fully saturated rings. The van der Waals surface area contributed by atoms with E-state index < -0.39 is 0 Å². The maximum Gasteiger partial charge on any atom is 0.234 e. The molecule has 1 amide bonds. The van der Waals surface area contributed by atoms with Crippen LogP contribution in [-0.4, -0.2) is 47.9 Å². The number of carbonyl (C=O) groups is 1. The number of anilines is 1. The zero-order valence-corrected chi connectivity index (χ0v) is 18.9. The van der Waals surface area contributed by atoms with Crippen LogP contribution in [0.25, 0.3) is 0 Å². The van der Waals surface area contributed by atoms with Gasteiger partial charge in [-0.25, -0.2) is 0 Å². The molecule has 0 bridgehead atoms. The van der Waals surface area contributed by atoms with Gasteiger partial charge < -0.3 is 14.8 Å². The molecule has 0 spiro atoms. The van der Waals surface area contributed by atoms with Gasteiger partial charge in [-0.05, 0) is 48.9 Å². The third-order valence-corrected chi connectivity index (χ3v) is 5.52. The number of thioether (sulfide) groups is 1. The molecule has 0 saturated carbocycles. The predicted molar refractivity (Wildman–Crippen MR) is 128 cm³/mol. The van der Waals surface area contributed by atoms with Gasteiger partial charge in [0.2, 0.25) is 17.0 Å². The molecule has 31 heavy (non-hydrogen) atoms. The smallest absolute Gasteiger partial charge is 0.234 e. The lowest BCUT2D eigenvalue weighted by molar-refractivity contribution is -0.113. The highest BCUT2D eigenvalue weighted by molar-refractivity contribution is 8.14. The van der Waals surface area contributed by atoms with Crippen molar-refractivity contribution in [2.45, 2.75) is 6.92 Å². The molecular formula is C22H23ClN4O3S. The zero-order valence-electron chi connectivity index (χ0n) is 17.3. The second-order valence-electron chi connectivity index (χ2n) is 6.55. The highest BCUT2D eigenvalue weighted by atomic mass is 35.5. The summed E-state index contributed by atoms with van der Waals surface area (Å²) < 4.78 is 11.1. The van der Waals surface area contributed by atoms with E-state index in [1.165, 1.54) is 11.8 Å². The average Bonchev–Trinajstić information content (AvgIpc) is 2.76. The molecule has 1 aliphatic rings. The van der Waals surface area contributed by atoms with Crippen LogP contribution in [0.15, 0.2) is 65.2 Å². The lowest BCUT2D eigenvalue weighted by Crippen LogP contribution is -2.33. The van der Waals surface area contributed by atoms with Crippen LogP contribution in [0.4, 0.5) is 5.69 Å². The highest BCUT2D eigenvalue weighted by Gasteiger charge is 2.18. The Labute approximate surface area is 190 Å². The van der Waals surface area contributed by atoms with Gasteiger partial charge in [0.25, 0.3) is 0 Å². The molecule has 0 saturated heterocycles. The molecule has 0 aliphatic carbocycles. The zero-order chi connectivity index (χ0) is 22.2. The fourth-order valence-electron chi connectivity index (χ4n) is 2.69. The number of rotatable bonds is 7. The van der Waals surface area contributed by atoms with Crippen LogP contribution in [0.2, 0.25) is 5.02 Å². The summed E-state index contributed by atoms with van der Waals surface area (Å²) in [6.45, 7) is 6.54. The first kappa shape index (κ1) is 22.7. The molecule has 2 aromatic carbocycles. The molecule has 0 aromatic heterocycles. The second kappa shape index (κ2) is 10.9. The standard InChI is InChI=1S/C22H23ClN4O3S/c1-4-12-27-13-21(30-17-10-8-16(29-3)9-11-17)25-22(26-27)31-14-20(28)24-19-7-5-6-18(23)15(19)2/h4-11H,1,12-14H2,2-3H3,(H,24,28). The summed E-state index contributed by atoms with van der Waals surface area (Å²) in [6, 6.07) is 12.6. The van der Waals surface area contributed by atoms with E-state index in [4.69, 9.17) is 21.1 Å². The van der Waals surface area contributed by atoms with Crippen molar-refractivity contribution < 1.29 is 14.3 Å². The first-order chi connectivity index (χ1) is 15.0. The Hall–Kier alpha value is -2.97. The molecule has 162 valence electrons. The minimum atomic E-state index is -0.174. The number of hydrogen-bond acceptors (Lipinski definition) is 7. The summed E-state index contributed by atoms with van der Waals surface area (Å²) in [5, 5.41) is 10.1. The van der Waals surface area contributed by atoms with Crippen LogP contribution in [0, 0.1) is 6.92 Å². The first-order valence-corrected chi connectivity index (χ1v) is 10.9. The van der Waals surface area contributed by atoms with E-state index in [-0.39, 0.29) is 11.7 Å². The van der Waals surface area contributed by atoms with E-state index >= 15 is 0 Å². The van der Waals surface area contributed by atoms with Crippen molar-refractivity contribution in [3.05, 3.63) is 65.7 Å². The van der Waals surface area contributed by atoms with Gasteiger partial charge in [-0.15, -0.1) is 11.7 Å². The first-order valence-electron chi connectivity index (χ1n) is 9.50. The van der Waals surface area contributed by atoms with Gasteiger partial charge in [0.1, 0.15) is 18.0 Å². The van der Waals surface area contributed by atoms with E-state index in [9.17, 15) is 4.79 Å². The highest BCUT2D eigenvalue weighted by Crippen LogP contribution is 2.23. The largest absolute Gasteiger partial charge is 0.497 e. The maximum atomic E-state index is 12.4. The molecule has 1 heterocycles. The van der Waals surface area contributed by atoms with Crippen molar-refractivity contribution in [2.24, 2.45) is 10.1 Å². The molecule has 9 heteroatoms. The third-order valence-electron chi connectivity index (χ3n) is 4.27. The van der Waals surface area contributed by atoms with Crippen LogP contribution in [0.5, 0.6) is 11.5 Å². The van der Waals surface area contributed by atoms with E-state index in [0.29, 0.717) is 40.6 Å². The van der Waals surface area contributed by atoms with Crippen LogP contribution < -0.4 is 14.8 Å².